The topological polar surface area (TPSA) is 75.3 Å². The van der Waals surface area contributed by atoms with Crippen molar-refractivity contribution in [2.75, 3.05) is 18.6 Å². The van der Waals surface area contributed by atoms with Gasteiger partial charge in [0.2, 0.25) is 0 Å². The van der Waals surface area contributed by atoms with E-state index in [1.807, 2.05) is 0 Å². The van der Waals surface area contributed by atoms with E-state index in [9.17, 15) is 22.0 Å². The van der Waals surface area contributed by atoms with Gasteiger partial charge in [0.1, 0.15) is 21.5 Å². The van der Waals surface area contributed by atoms with Crippen molar-refractivity contribution >= 4 is 15.9 Å². The molecule has 0 aliphatic heterocycles. The monoisotopic (exact) mass is 320 g/mol. The van der Waals surface area contributed by atoms with E-state index in [1.54, 1.807) is 6.92 Å². The summed E-state index contributed by atoms with van der Waals surface area (Å²) >= 11 is 0. The van der Waals surface area contributed by atoms with E-state index in [0.29, 0.717) is 6.42 Å². The van der Waals surface area contributed by atoms with Crippen molar-refractivity contribution in [1.29, 1.82) is 0 Å². The molecule has 0 fully saturated rings. The van der Waals surface area contributed by atoms with Gasteiger partial charge in [0.25, 0.3) is 0 Å². The lowest BCUT2D eigenvalue weighted by Gasteiger charge is -2.18. The second kappa shape index (κ2) is 7.35. The summed E-state index contributed by atoms with van der Waals surface area (Å²) in [7, 11) is -3.17. The maximum absolute atomic E-state index is 13.6. The molecular formula is C13H18F2N2O3S. The number of carbonyl (C=O) groups is 1. The average molecular weight is 320 g/mol. The number of hydrogen-bond acceptors (Lipinski definition) is 3. The van der Waals surface area contributed by atoms with E-state index in [4.69, 9.17) is 0 Å². The molecule has 0 radical (unpaired) electrons. The highest BCUT2D eigenvalue weighted by atomic mass is 32.2. The number of rotatable bonds is 6. The van der Waals surface area contributed by atoms with Gasteiger partial charge in [0.05, 0.1) is 11.8 Å². The zero-order valence-electron chi connectivity index (χ0n) is 11.8. The Hall–Kier alpha value is -1.70. The number of sulfone groups is 1. The van der Waals surface area contributed by atoms with Gasteiger partial charge in [0, 0.05) is 18.4 Å². The molecule has 2 N–H and O–H groups in total. The van der Waals surface area contributed by atoms with Crippen LogP contribution in [0.1, 0.15) is 24.9 Å². The predicted molar refractivity (Wildman–Crippen MR) is 75.6 cm³/mol. The molecule has 0 bridgehead atoms. The van der Waals surface area contributed by atoms with Gasteiger partial charge in [-0.3, -0.25) is 0 Å². The Bertz CT molecular complexity index is 605. The molecule has 0 saturated heterocycles. The predicted octanol–water partition coefficient (Wildman–Crippen LogP) is 1.76. The van der Waals surface area contributed by atoms with Crippen LogP contribution in [0.25, 0.3) is 0 Å². The third-order valence-corrected chi connectivity index (χ3v) is 3.75. The highest BCUT2D eigenvalue weighted by molar-refractivity contribution is 7.90. The van der Waals surface area contributed by atoms with E-state index in [1.165, 1.54) is 0 Å². The summed E-state index contributed by atoms with van der Waals surface area (Å²) in [6.45, 7) is 1.67. The zero-order chi connectivity index (χ0) is 16.0. The number of benzene rings is 1. The number of nitrogens with one attached hydrogen (secondary N) is 2. The third-order valence-electron chi connectivity index (χ3n) is 2.81. The minimum Gasteiger partial charge on any atom is -0.337 e. The van der Waals surface area contributed by atoms with Crippen LogP contribution in [0.4, 0.5) is 13.6 Å². The van der Waals surface area contributed by atoms with Gasteiger partial charge in [-0.25, -0.2) is 22.0 Å². The van der Waals surface area contributed by atoms with Gasteiger partial charge in [-0.15, -0.1) is 0 Å². The highest BCUT2D eigenvalue weighted by Crippen LogP contribution is 2.20. The molecule has 0 unspecified atom stereocenters. The molecule has 0 aliphatic rings. The molecule has 8 heteroatoms. The van der Waals surface area contributed by atoms with Crippen LogP contribution in [0.15, 0.2) is 18.2 Å². The molecule has 0 spiro atoms. The first-order valence-corrected chi connectivity index (χ1v) is 8.46. The molecule has 5 nitrogen and oxygen atoms in total. The quantitative estimate of drug-likeness (QED) is 0.838. The summed E-state index contributed by atoms with van der Waals surface area (Å²) in [4.78, 5) is 11.6. The minimum atomic E-state index is -3.17. The molecule has 0 heterocycles. The first-order valence-electron chi connectivity index (χ1n) is 6.40. The molecule has 2 amide bonds. The number of halogens is 2. The SMILES string of the molecule is CC[C@@H](NC(=O)NCCS(C)(=O)=O)c1cc(F)ccc1F. The van der Waals surface area contributed by atoms with Crippen LogP contribution in [0, 0.1) is 11.6 Å². The van der Waals surface area contributed by atoms with Gasteiger partial charge in [0.15, 0.2) is 0 Å². The summed E-state index contributed by atoms with van der Waals surface area (Å²) in [5.74, 6) is -1.39. The second-order valence-electron chi connectivity index (χ2n) is 4.66. The Balaban J connectivity index is 2.65. The first kappa shape index (κ1) is 17.4. The van der Waals surface area contributed by atoms with Crippen LogP contribution in [0.2, 0.25) is 0 Å². The number of hydrogen-bond donors (Lipinski definition) is 2. The Kier molecular flexibility index (Phi) is 6.07. The van der Waals surface area contributed by atoms with Crippen molar-refractivity contribution in [2.24, 2.45) is 0 Å². The van der Waals surface area contributed by atoms with Crippen LogP contribution in [-0.2, 0) is 9.84 Å². The molecule has 0 aromatic heterocycles. The molecule has 0 aliphatic carbocycles. The Morgan fingerprint density at radius 2 is 2.00 bits per heavy atom. The molecule has 0 saturated carbocycles. The smallest absolute Gasteiger partial charge is 0.315 e. The number of urea groups is 1. The van der Waals surface area contributed by atoms with Crippen molar-refractivity contribution in [1.82, 2.24) is 10.6 Å². The summed E-state index contributed by atoms with van der Waals surface area (Å²) in [5.41, 5.74) is 0.0516. The summed E-state index contributed by atoms with van der Waals surface area (Å²) in [5, 5.41) is 4.85. The lowest BCUT2D eigenvalue weighted by atomic mass is 10.0. The summed E-state index contributed by atoms with van der Waals surface area (Å²) in [6.07, 6.45) is 1.42. The Morgan fingerprint density at radius 3 is 2.57 bits per heavy atom. The minimum absolute atomic E-state index is 0.0489. The zero-order valence-corrected chi connectivity index (χ0v) is 12.6. The number of amides is 2. The lowest BCUT2D eigenvalue weighted by molar-refractivity contribution is 0.237. The third kappa shape index (κ3) is 6.07. The fourth-order valence-electron chi connectivity index (χ4n) is 1.74. The molecule has 1 aromatic carbocycles. The van der Waals surface area contributed by atoms with E-state index >= 15 is 0 Å². The van der Waals surface area contributed by atoms with E-state index < -0.39 is 33.5 Å². The van der Waals surface area contributed by atoms with E-state index in [0.717, 1.165) is 24.5 Å². The fourth-order valence-corrected chi connectivity index (χ4v) is 2.21. The maximum Gasteiger partial charge on any atom is 0.315 e. The van der Waals surface area contributed by atoms with Crippen LogP contribution in [0.5, 0.6) is 0 Å². The normalized spacial score (nSPS) is 12.8. The molecule has 118 valence electrons. The van der Waals surface area contributed by atoms with Crippen molar-refractivity contribution in [3.8, 4) is 0 Å². The van der Waals surface area contributed by atoms with E-state index in [-0.39, 0.29) is 17.9 Å². The van der Waals surface area contributed by atoms with Gasteiger partial charge in [-0.2, -0.15) is 0 Å². The second-order valence-corrected chi connectivity index (χ2v) is 6.92. The van der Waals surface area contributed by atoms with Crippen LogP contribution < -0.4 is 10.6 Å². The van der Waals surface area contributed by atoms with Crippen molar-refractivity contribution in [3.63, 3.8) is 0 Å². The molecule has 1 rings (SSSR count). The first-order chi connectivity index (χ1) is 9.73. The van der Waals surface area contributed by atoms with Gasteiger partial charge in [-0.1, -0.05) is 6.92 Å². The van der Waals surface area contributed by atoms with Gasteiger partial charge in [-0.05, 0) is 24.6 Å². The fraction of sp³-hybridized carbons (Fsp3) is 0.462. The maximum atomic E-state index is 13.6. The summed E-state index contributed by atoms with van der Waals surface area (Å²) in [6, 6.07) is 1.70. The summed E-state index contributed by atoms with van der Waals surface area (Å²) < 4.78 is 48.7. The van der Waals surface area contributed by atoms with E-state index in [2.05, 4.69) is 10.6 Å². The van der Waals surface area contributed by atoms with Crippen molar-refractivity contribution in [3.05, 3.63) is 35.4 Å². The Morgan fingerprint density at radius 1 is 1.33 bits per heavy atom. The molecule has 1 atom stereocenters. The van der Waals surface area contributed by atoms with Gasteiger partial charge >= 0.3 is 6.03 Å². The highest BCUT2D eigenvalue weighted by Gasteiger charge is 2.17. The van der Waals surface area contributed by atoms with Crippen LogP contribution >= 0.6 is 0 Å². The Labute approximate surface area is 122 Å². The molecule has 1 aromatic rings. The van der Waals surface area contributed by atoms with Crippen LogP contribution in [-0.4, -0.2) is 33.0 Å². The molecular weight excluding hydrogens is 302 g/mol. The molecule has 21 heavy (non-hydrogen) atoms. The average Bonchev–Trinajstić information content (AvgIpc) is 2.37. The number of carbonyl (C=O) groups excluding carboxylic acids is 1. The standard InChI is InChI=1S/C13H18F2N2O3S/c1-3-12(10-8-9(14)4-5-11(10)15)17-13(18)16-6-7-21(2,19)20/h4-5,8,12H,3,6-7H2,1-2H3,(H2,16,17,18)/t12-/m1/s1. The largest absolute Gasteiger partial charge is 0.337 e. The lowest BCUT2D eigenvalue weighted by Crippen LogP contribution is -2.40. The van der Waals surface area contributed by atoms with Crippen molar-refractivity contribution in [2.45, 2.75) is 19.4 Å². The van der Waals surface area contributed by atoms with Crippen molar-refractivity contribution < 1.29 is 22.0 Å². The van der Waals surface area contributed by atoms with Gasteiger partial charge < -0.3 is 10.6 Å². The van der Waals surface area contributed by atoms with Crippen LogP contribution in [0.3, 0.4) is 0 Å².